The van der Waals surface area contributed by atoms with E-state index in [1.807, 2.05) is 0 Å². The molecule has 1 aliphatic heterocycles. The Morgan fingerprint density at radius 3 is 2.68 bits per heavy atom. The third-order valence-electron chi connectivity index (χ3n) is 2.64. The molecule has 0 spiro atoms. The molecule has 0 N–H and O–H groups in total. The first-order chi connectivity index (χ1) is 9.15. The maximum absolute atomic E-state index is 12.0. The second kappa shape index (κ2) is 4.33. The van der Waals surface area contributed by atoms with Crippen LogP contribution in [0.1, 0.15) is 15.2 Å². The van der Waals surface area contributed by atoms with Crippen molar-refractivity contribution in [2.45, 2.75) is 0 Å². The Kier molecular flexibility index (Phi) is 2.64. The molecular weight excluding hydrogens is 266 g/mol. The number of nitro groups is 1. The lowest BCUT2D eigenvalue weighted by Gasteiger charge is -1.95. The van der Waals surface area contributed by atoms with Gasteiger partial charge in [-0.25, -0.2) is 0 Å². The summed E-state index contributed by atoms with van der Waals surface area (Å²) in [6.07, 6.45) is 1.53. The monoisotopic (exact) mass is 273 g/mol. The predicted octanol–water partition coefficient (Wildman–Crippen LogP) is 3.27. The number of rotatable bonds is 2. The molecule has 0 bridgehead atoms. The average molecular weight is 273 g/mol. The van der Waals surface area contributed by atoms with Crippen molar-refractivity contribution in [3.05, 3.63) is 62.7 Å². The van der Waals surface area contributed by atoms with Crippen LogP contribution in [0.3, 0.4) is 0 Å². The fourth-order valence-electron chi connectivity index (χ4n) is 1.78. The summed E-state index contributed by atoms with van der Waals surface area (Å²) in [7, 11) is 0. The predicted molar refractivity (Wildman–Crippen MR) is 70.4 cm³/mol. The number of benzene rings is 1. The summed E-state index contributed by atoms with van der Waals surface area (Å²) in [5.74, 6) is 0.509. The van der Waals surface area contributed by atoms with Crippen LogP contribution in [-0.4, -0.2) is 10.7 Å². The van der Waals surface area contributed by atoms with Crippen LogP contribution >= 0.6 is 11.3 Å². The van der Waals surface area contributed by atoms with Gasteiger partial charge < -0.3 is 4.74 Å². The number of hydrogen-bond donors (Lipinski definition) is 0. The fourth-order valence-corrected chi connectivity index (χ4v) is 2.54. The van der Waals surface area contributed by atoms with E-state index in [0.717, 1.165) is 11.3 Å². The van der Waals surface area contributed by atoms with Crippen LogP contribution in [0.2, 0.25) is 0 Å². The lowest BCUT2D eigenvalue weighted by molar-refractivity contribution is -0.380. The van der Waals surface area contributed by atoms with Gasteiger partial charge in [0.15, 0.2) is 5.76 Å². The molecule has 1 aromatic carbocycles. The van der Waals surface area contributed by atoms with Gasteiger partial charge in [-0.2, -0.15) is 0 Å². The number of Topliss-reactive ketones (excluding diaryl/α,β-unsaturated/α-hetero) is 1. The molecule has 0 saturated heterocycles. The maximum atomic E-state index is 12.0. The Bertz CT molecular complexity index is 717. The first-order valence-electron chi connectivity index (χ1n) is 5.42. The quantitative estimate of drug-likeness (QED) is 0.478. The molecule has 0 amide bonds. The number of carbonyl (C=O) groups is 1. The number of thiophene rings is 1. The third-order valence-corrected chi connectivity index (χ3v) is 3.63. The molecule has 1 aliphatic rings. The van der Waals surface area contributed by atoms with Gasteiger partial charge in [0.05, 0.1) is 10.5 Å². The molecule has 0 aliphatic carbocycles. The van der Waals surface area contributed by atoms with Crippen molar-refractivity contribution in [1.29, 1.82) is 0 Å². The first kappa shape index (κ1) is 11.6. The molecule has 6 heteroatoms. The standard InChI is InChI=1S/C13H7NO4S/c15-13-9-3-1-2-4-10(9)18-11(13)7-8-5-6-12(19-8)14(16)17/h1-7H/b11-7-. The number of fused-ring (bicyclic) bond motifs is 1. The second-order valence-electron chi connectivity index (χ2n) is 3.87. The van der Waals surface area contributed by atoms with E-state index < -0.39 is 4.92 Å². The highest BCUT2D eigenvalue weighted by molar-refractivity contribution is 7.16. The molecule has 0 unspecified atom stereocenters. The van der Waals surface area contributed by atoms with Crippen LogP contribution in [-0.2, 0) is 0 Å². The summed E-state index contributed by atoms with van der Waals surface area (Å²) in [5.41, 5.74) is 0.514. The lowest BCUT2D eigenvalue weighted by Crippen LogP contribution is -1.97. The molecular formula is C13H7NO4S. The Hall–Kier alpha value is -2.47. The summed E-state index contributed by atoms with van der Waals surface area (Å²) in [5, 5.41) is 10.6. The SMILES string of the molecule is O=C1/C(=C/c2ccc([N+](=O)[O-])s2)Oc2ccccc21. The van der Waals surface area contributed by atoms with E-state index in [-0.39, 0.29) is 16.5 Å². The second-order valence-corrected chi connectivity index (χ2v) is 4.96. The van der Waals surface area contributed by atoms with Gasteiger partial charge in [-0.05, 0) is 18.2 Å². The van der Waals surface area contributed by atoms with E-state index >= 15 is 0 Å². The molecule has 0 saturated carbocycles. The molecule has 0 fully saturated rings. The largest absolute Gasteiger partial charge is 0.452 e. The Morgan fingerprint density at radius 1 is 1.21 bits per heavy atom. The number of hydrogen-bond acceptors (Lipinski definition) is 5. The van der Waals surface area contributed by atoms with Crippen molar-refractivity contribution in [3.8, 4) is 5.75 Å². The summed E-state index contributed by atoms with van der Waals surface area (Å²) < 4.78 is 5.44. The number of para-hydroxylation sites is 1. The molecule has 1 aromatic heterocycles. The Morgan fingerprint density at radius 2 is 2.00 bits per heavy atom. The highest BCUT2D eigenvalue weighted by Gasteiger charge is 2.26. The van der Waals surface area contributed by atoms with Gasteiger partial charge in [-0.15, -0.1) is 0 Å². The first-order valence-corrected chi connectivity index (χ1v) is 6.24. The minimum Gasteiger partial charge on any atom is -0.452 e. The number of ketones is 1. The van der Waals surface area contributed by atoms with Crippen LogP contribution in [0.15, 0.2) is 42.2 Å². The topological polar surface area (TPSA) is 69.4 Å². The highest BCUT2D eigenvalue weighted by atomic mass is 32.1. The zero-order valence-electron chi connectivity index (χ0n) is 9.53. The summed E-state index contributed by atoms with van der Waals surface area (Å²) >= 11 is 1.00. The van der Waals surface area contributed by atoms with Gasteiger partial charge in [-0.1, -0.05) is 23.5 Å². The van der Waals surface area contributed by atoms with Crippen molar-refractivity contribution in [1.82, 2.24) is 0 Å². The molecule has 2 aromatic rings. The molecule has 3 rings (SSSR count). The van der Waals surface area contributed by atoms with Crippen molar-refractivity contribution in [2.24, 2.45) is 0 Å². The number of allylic oxidation sites excluding steroid dienone is 1. The van der Waals surface area contributed by atoms with Gasteiger partial charge in [0.25, 0.3) is 0 Å². The number of nitrogens with zero attached hydrogens (tertiary/aromatic N) is 1. The van der Waals surface area contributed by atoms with E-state index in [4.69, 9.17) is 4.74 Å². The van der Waals surface area contributed by atoms with E-state index in [1.165, 1.54) is 12.1 Å². The van der Waals surface area contributed by atoms with Crippen LogP contribution in [0.25, 0.3) is 6.08 Å². The van der Waals surface area contributed by atoms with E-state index in [2.05, 4.69) is 0 Å². The normalized spacial score (nSPS) is 15.4. The molecule has 0 atom stereocenters. The van der Waals surface area contributed by atoms with Crippen LogP contribution < -0.4 is 4.74 Å². The average Bonchev–Trinajstić information content (AvgIpc) is 2.97. The van der Waals surface area contributed by atoms with Crippen molar-refractivity contribution >= 4 is 28.2 Å². The maximum Gasteiger partial charge on any atom is 0.324 e. The summed E-state index contributed by atoms with van der Waals surface area (Å²) in [4.78, 5) is 22.8. The number of carbonyl (C=O) groups excluding carboxylic acids is 1. The highest BCUT2D eigenvalue weighted by Crippen LogP contribution is 2.33. The van der Waals surface area contributed by atoms with Crippen molar-refractivity contribution < 1.29 is 14.5 Å². The minimum atomic E-state index is -0.460. The summed E-state index contributed by atoms with van der Waals surface area (Å²) in [6.45, 7) is 0. The van der Waals surface area contributed by atoms with E-state index in [1.54, 1.807) is 30.3 Å². The van der Waals surface area contributed by atoms with Gasteiger partial charge in [0, 0.05) is 17.0 Å². The van der Waals surface area contributed by atoms with Gasteiger partial charge in [-0.3, -0.25) is 14.9 Å². The molecule has 5 nitrogen and oxygen atoms in total. The summed E-state index contributed by atoms with van der Waals surface area (Å²) in [6, 6.07) is 9.95. The van der Waals surface area contributed by atoms with Crippen molar-refractivity contribution in [3.63, 3.8) is 0 Å². The molecule has 2 heterocycles. The molecule has 19 heavy (non-hydrogen) atoms. The van der Waals surface area contributed by atoms with Crippen LogP contribution in [0, 0.1) is 10.1 Å². The molecule has 0 radical (unpaired) electrons. The third kappa shape index (κ3) is 2.02. The van der Waals surface area contributed by atoms with E-state index in [0.29, 0.717) is 16.2 Å². The zero-order chi connectivity index (χ0) is 13.4. The Labute approximate surface area is 111 Å². The lowest BCUT2D eigenvalue weighted by atomic mass is 10.1. The number of ether oxygens (including phenoxy) is 1. The molecule has 94 valence electrons. The minimum absolute atomic E-state index is 0.0369. The zero-order valence-corrected chi connectivity index (χ0v) is 10.3. The smallest absolute Gasteiger partial charge is 0.324 e. The van der Waals surface area contributed by atoms with Crippen molar-refractivity contribution in [2.75, 3.05) is 0 Å². The van der Waals surface area contributed by atoms with Crippen LogP contribution in [0.5, 0.6) is 5.75 Å². The van der Waals surface area contributed by atoms with Crippen LogP contribution in [0.4, 0.5) is 5.00 Å². The van der Waals surface area contributed by atoms with Gasteiger partial charge in [0.2, 0.25) is 5.78 Å². The van der Waals surface area contributed by atoms with Gasteiger partial charge >= 0.3 is 5.00 Å². The van der Waals surface area contributed by atoms with Gasteiger partial charge in [0.1, 0.15) is 5.75 Å². The fraction of sp³-hybridized carbons (Fsp3) is 0. The van der Waals surface area contributed by atoms with E-state index in [9.17, 15) is 14.9 Å². The Balaban J connectivity index is 1.94.